The molecule has 0 bridgehead atoms. The highest BCUT2D eigenvalue weighted by atomic mass is 16.2. The minimum atomic E-state index is 0.174. The van der Waals surface area contributed by atoms with E-state index in [1.165, 1.54) is 12.8 Å². The Morgan fingerprint density at radius 1 is 1.30 bits per heavy atom. The van der Waals surface area contributed by atoms with Gasteiger partial charge < -0.3 is 9.88 Å². The van der Waals surface area contributed by atoms with Crippen LogP contribution in [0.15, 0.2) is 30.5 Å². The summed E-state index contributed by atoms with van der Waals surface area (Å²) in [6.07, 6.45) is 6.75. The van der Waals surface area contributed by atoms with Crippen LogP contribution in [0.5, 0.6) is 0 Å². The number of amides is 1. The number of nitrogens with zero attached hydrogens (tertiary/aromatic N) is 1. The van der Waals surface area contributed by atoms with E-state index in [4.69, 9.17) is 0 Å². The summed E-state index contributed by atoms with van der Waals surface area (Å²) in [5, 5.41) is 1.11. The van der Waals surface area contributed by atoms with Gasteiger partial charge in [0.05, 0.1) is 11.1 Å². The van der Waals surface area contributed by atoms with Crippen molar-refractivity contribution in [2.24, 2.45) is 5.92 Å². The summed E-state index contributed by atoms with van der Waals surface area (Å²) in [5.74, 6) is 0.985. The highest BCUT2D eigenvalue weighted by Gasteiger charge is 2.24. The predicted octanol–water partition coefficient (Wildman–Crippen LogP) is 3.82. The lowest BCUT2D eigenvalue weighted by Gasteiger charge is -2.32. The summed E-state index contributed by atoms with van der Waals surface area (Å²) < 4.78 is 0. The Labute approximate surface area is 120 Å². The third-order valence-electron chi connectivity index (χ3n) is 4.42. The SMILES string of the molecule is CCCC1CCN(C(=O)c2cccc3cc[nH]c23)CC1. The van der Waals surface area contributed by atoms with Crippen LogP contribution in [-0.2, 0) is 0 Å². The molecule has 0 radical (unpaired) electrons. The zero-order valence-electron chi connectivity index (χ0n) is 12.1. The second kappa shape index (κ2) is 5.70. The molecule has 2 heterocycles. The van der Waals surface area contributed by atoms with E-state index in [0.29, 0.717) is 0 Å². The molecule has 1 aromatic carbocycles. The smallest absolute Gasteiger partial charge is 0.255 e. The van der Waals surface area contributed by atoms with Crippen LogP contribution < -0.4 is 0 Å². The Morgan fingerprint density at radius 2 is 2.10 bits per heavy atom. The Morgan fingerprint density at radius 3 is 2.85 bits per heavy atom. The molecule has 0 saturated carbocycles. The quantitative estimate of drug-likeness (QED) is 0.904. The van der Waals surface area contributed by atoms with Gasteiger partial charge in [-0.3, -0.25) is 4.79 Å². The van der Waals surface area contributed by atoms with Crippen LogP contribution in [0.2, 0.25) is 0 Å². The maximum Gasteiger partial charge on any atom is 0.255 e. The molecule has 1 N–H and O–H groups in total. The van der Waals surface area contributed by atoms with Gasteiger partial charge in [-0.1, -0.05) is 31.9 Å². The number of nitrogens with one attached hydrogen (secondary N) is 1. The first kappa shape index (κ1) is 13.2. The molecule has 2 aromatic rings. The lowest BCUT2D eigenvalue weighted by molar-refractivity contribution is 0.0688. The van der Waals surface area contributed by atoms with Gasteiger partial charge in [0.25, 0.3) is 5.91 Å². The Balaban J connectivity index is 1.75. The molecule has 0 unspecified atom stereocenters. The van der Waals surface area contributed by atoms with Crippen molar-refractivity contribution < 1.29 is 4.79 Å². The number of para-hydroxylation sites is 1. The van der Waals surface area contributed by atoms with E-state index in [2.05, 4.69) is 11.9 Å². The van der Waals surface area contributed by atoms with Crippen LogP contribution in [0.1, 0.15) is 43.0 Å². The maximum absolute atomic E-state index is 12.7. The predicted molar refractivity (Wildman–Crippen MR) is 81.8 cm³/mol. The number of benzene rings is 1. The van der Waals surface area contributed by atoms with E-state index in [1.807, 2.05) is 35.4 Å². The van der Waals surface area contributed by atoms with Crippen LogP contribution in [0, 0.1) is 5.92 Å². The van der Waals surface area contributed by atoms with Crippen LogP contribution in [0.4, 0.5) is 0 Å². The summed E-state index contributed by atoms with van der Waals surface area (Å²) in [6.45, 7) is 4.05. The lowest BCUT2D eigenvalue weighted by Crippen LogP contribution is -2.38. The van der Waals surface area contributed by atoms with Crippen LogP contribution >= 0.6 is 0 Å². The maximum atomic E-state index is 12.7. The van der Waals surface area contributed by atoms with Crippen LogP contribution in [-0.4, -0.2) is 28.9 Å². The average molecular weight is 270 g/mol. The number of rotatable bonds is 3. The number of aromatic nitrogens is 1. The number of carbonyl (C=O) groups is 1. The third kappa shape index (κ3) is 2.45. The molecule has 1 fully saturated rings. The second-order valence-electron chi connectivity index (χ2n) is 5.77. The molecule has 106 valence electrons. The van der Waals surface area contributed by atoms with Gasteiger partial charge in [0.2, 0.25) is 0 Å². The Hall–Kier alpha value is -1.77. The summed E-state index contributed by atoms with van der Waals surface area (Å²) in [4.78, 5) is 17.9. The van der Waals surface area contributed by atoms with Gasteiger partial charge in [-0.25, -0.2) is 0 Å². The van der Waals surface area contributed by atoms with Crippen LogP contribution in [0.3, 0.4) is 0 Å². The molecular formula is C17H22N2O. The highest BCUT2D eigenvalue weighted by molar-refractivity contribution is 6.05. The molecule has 1 aromatic heterocycles. The lowest BCUT2D eigenvalue weighted by atomic mass is 9.92. The average Bonchev–Trinajstić information content (AvgIpc) is 2.96. The van der Waals surface area contributed by atoms with E-state index in [-0.39, 0.29) is 5.91 Å². The van der Waals surface area contributed by atoms with Crippen molar-refractivity contribution in [3.05, 3.63) is 36.0 Å². The number of hydrogen-bond donors (Lipinski definition) is 1. The molecule has 3 heteroatoms. The molecule has 1 saturated heterocycles. The number of fused-ring (bicyclic) bond motifs is 1. The van der Waals surface area contributed by atoms with Gasteiger partial charge in [-0.2, -0.15) is 0 Å². The molecular weight excluding hydrogens is 248 g/mol. The fraction of sp³-hybridized carbons (Fsp3) is 0.471. The fourth-order valence-corrected chi connectivity index (χ4v) is 3.27. The number of aromatic amines is 1. The van der Waals surface area contributed by atoms with E-state index < -0.39 is 0 Å². The minimum Gasteiger partial charge on any atom is -0.361 e. The van der Waals surface area contributed by atoms with Crippen LogP contribution in [0.25, 0.3) is 10.9 Å². The summed E-state index contributed by atoms with van der Waals surface area (Å²) in [6, 6.07) is 7.95. The summed E-state index contributed by atoms with van der Waals surface area (Å²) >= 11 is 0. The first-order valence-corrected chi connectivity index (χ1v) is 7.65. The number of hydrogen-bond acceptors (Lipinski definition) is 1. The van der Waals surface area contributed by atoms with Crippen molar-refractivity contribution >= 4 is 16.8 Å². The monoisotopic (exact) mass is 270 g/mol. The topological polar surface area (TPSA) is 36.1 Å². The third-order valence-corrected chi connectivity index (χ3v) is 4.42. The van der Waals surface area contributed by atoms with Gasteiger partial charge in [-0.05, 0) is 30.9 Å². The fourth-order valence-electron chi connectivity index (χ4n) is 3.27. The van der Waals surface area contributed by atoms with Crippen molar-refractivity contribution in [3.8, 4) is 0 Å². The zero-order chi connectivity index (χ0) is 13.9. The summed E-state index contributed by atoms with van der Waals surface area (Å²) in [5.41, 5.74) is 1.77. The molecule has 1 amide bonds. The molecule has 1 aliphatic heterocycles. The molecule has 3 nitrogen and oxygen atoms in total. The Bertz CT molecular complexity index is 594. The van der Waals surface area contributed by atoms with E-state index in [0.717, 1.165) is 48.3 Å². The van der Waals surface area contributed by atoms with Crippen molar-refractivity contribution in [1.82, 2.24) is 9.88 Å². The normalized spacial score (nSPS) is 16.8. The molecule has 0 aliphatic carbocycles. The standard InChI is InChI=1S/C17H22N2O/c1-2-4-13-8-11-19(12-9-13)17(20)15-6-3-5-14-7-10-18-16(14)15/h3,5-7,10,13,18H,2,4,8-9,11-12H2,1H3. The first-order chi connectivity index (χ1) is 9.79. The molecule has 0 atom stereocenters. The number of likely N-dealkylation sites (tertiary alicyclic amines) is 1. The number of carbonyl (C=O) groups excluding carboxylic acids is 1. The van der Waals surface area contributed by atoms with Gasteiger partial charge in [0, 0.05) is 24.7 Å². The van der Waals surface area contributed by atoms with Gasteiger partial charge in [-0.15, -0.1) is 0 Å². The van der Waals surface area contributed by atoms with E-state index >= 15 is 0 Å². The van der Waals surface area contributed by atoms with Crippen molar-refractivity contribution in [2.45, 2.75) is 32.6 Å². The molecule has 3 rings (SSSR count). The number of piperidine rings is 1. The minimum absolute atomic E-state index is 0.174. The highest BCUT2D eigenvalue weighted by Crippen LogP contribution is 2.24. The second-order valence-corrected chi connectivity index (χ2v) is 5.77. The summed E-state index contributed by atoms with van der Waals surface area (Å²) in [7, 11) is 0. The molecule has 1 aliphatic rings. The van der Waals surface area contributed by atoms with Crippen molar-refractivity contribution in [2.75, 3.05) is 13.1 Å². The van der Waals surface area contributed by atoms with Gasteiger partial charge in [0.15, 0.2) is 0 Å². The number of H-pyrrole nitrogens is 1. The first-order valence-electron chi connectivity index (χ1n) is 7.65. The zero-order valence-corrected chi connectivity index (χ0v) is 12.1. The van der Waals surface area contributed by atoms with E-state index in [1.54, 1.807) is 0 Å². The molecule has 0 spiro atoms. The van der Waals surface area contributed by atoms with Crippen molar-refractivity contribution in [3.63, 3.8) is 0 Å². The largest absolute Gasteiger partial charge is 0.361 e. The van der Waals surface area contributed by atoms with E-state index in [9.17, 15) is 4.79 Å². The van der Waals surface area contributed by atoms with Gasteiger partial charge >= 0.3 is 0 Å². The molecule has 20 heavy (non-hydrogen) atoms. The Kier molecular flexibility index (Phi) is 3.77. The van der Waals surface area contributed by atoms with Gasteiger partial charge in [0.1, 0.15) is 0 Å². The van der Waals surface area contributed by atoms with Crippen molar-refractivity contribution in [1.29, 1.82) is 0 Å².